The van der Waals surface area contributed by atoms with Crippen molar-refractivity contribution in [3.05, 3.63) is 46.7 Å². The van der Waals surface area contributed by atoms with Crippen LogP contribution in [0.5, 0.6) is 0 Å². The summed E-state index contributed by atoms with van der Waals surface area (Å²) in [6.45, 7) is 7.79. The summed E-state index contributed by atoms with van der Waals surface area (Å²) in [5.41, 5.74) is 5.09. The predicted octanol–water partition coefficient (Wildman–Crippen LogP) is 2.12. The molecule has 0 spiro atoms. The van der Waals surface area contributed by atoms with Gasteiger partial charge in [-0.2, -0.15) is 0 Å². The topological polar surface area (TPSA) is 53.5 Å². The molecule has 0 aromatic heterocycles. The Kier molecular flexibility index (Phi) is 3.53. The Hall–Kier alpha value is -2.10. The first kappa shape index (κ1) is 13.9. The summed E-state index contributed by atoms with van der Waals surface area (Å²) in [5, 5.41) is 6.53. The Morgan fingerprint density at radius 2 is 1.95 bits per heavy atom. The van der Waals surface area contributed by atoms with Gasteiger partial charge in [-0.3, -0.25) is 9.79 Å². The summed E-state index contributed by atoms with van der Waals surface area (Å²) >= 11 is 0. The highest BCUT2D eigenvalue weighted by Gasteiger charge is 2.38. The van der Waals surface area contributed by atoms with Crippen LogP contribution >= 0.6 is 0 Å². The lowest BCUT2D eigenvalue weighted by Gasteiger charge is -2.20. The maximum atomic E-state index is 12.3. The van der Waals surface area contributed by atoms with E-state index in [0.29, 0.717) is 18.2 Å². The lowest BCUT2D eigenvalue weighted by Crippen LogP contribution is -2.24. The number of aliphatic imine (C=N–C) groups is 1. The van der Waals surface area contributed by atoms with Crippen LogP contribution < -0.4 is 10.6 Å². The number of aryl methyl sites for hydroxylation is 1. The van der Waals surface area contributed by atoms with Crippen LogP contribution in [-0.2, 0) is 4.79 Å². The summed E-state index contributed by atoms with van der Waals surface area (Å²) in [5.74, 6) is 0.279. The highest BCUT2D eigenvalue weighted by molar-refractivity contribution is 6.48. The van der Waals surface area contributed by atoms with Gasteiger partial charge in [-0.1, -0.05) is 43.7 Å². The average molecular weight is 283 g/mol. The van der Waals surface area contributed by atoms with Gasteiger partial charge >= 0.3 is 0 Å². The van der Waals surface area contributed by atoms with Gasteiger partial charge in [0.15, 0.2) is 0 Å². The van der Waals surface area contributed by atoms with Crippen LogP contribution in [0.15, 0.2) is 40.5 Å². The molecule has 1 aromatic carbocycles. The van der Waals surface area contributed by atoms with Crippen LogP contribution in [0, 0.1) is 12.8 Å². The van der Waals surface area contributed by atoms with E-state index in [9.17, 15) is 4.79 Å². The largest absolute Gasteiger partial charge is 0.386 e. The van der Waals surface area contributed by atoms with E-state index in [4.69, 9.17) is 0 Å². The molecule has 4 heteroatoms. The van der Waals surface area contributed by atoms with Crippen molar-refractivity contribution in [2.75, 3.05) is 13.1 Å². The van der Waals surface area contributed by atoms with E-state index in [1.165, 1.54) is 5.56 Å². The van der Waals surface area contributed by atoms with Gasteiger partial charge in [0.1, 0.15) is 5.71 Å². The molecule has 2 aliphatic heterocycles. The zero-order chi connectivity index (χ0) is 15.0. The zero-order valence-corrected chi connectivity index (χ0v) is 12.7. The third kappa shape index (κ3) is 2.46. The van der Waals surface area contributed by atoms with Crippen molar-refractivity contribution < 1.29 is 4.79 Å². The Morgan fingerprint density at radius 3 is 2.62 bits per heavy atom. The van der Waals surface area contributed by atoms with Crippen LogP contribution in [0.25, 0.3) is 0 Å². The van der Waals surface area contributed by atoms with Gasteiger partial charge in [0.2, 0.25) is 0 Å². The number of allylic oxidation sites excluding steroid dienone is 1. The molecule has 0 bridgehead atoms. The molecule has 2 heterocycles. The minimum Gasteiger partial charge on any atom is -0.386 e. The second-order valence-corrected chi connectivity index (χ2v) is 5.96. The number of carbonyl (C=O) groups excluding carboxylic acids is 1. The van der Waals surface area contributed by atoms with E-state index < -0.39 is 0 Å². The van der Waals surface area contributed by atoms with Crippen LogP contribution in [0.1, 0.15) is 31.0 Å². The smallest absolute Gasteiger partial charge is 0.270 e. The molecule has 3 rings (SSSR count). The van der Waals surface area contributed by atoms with Crippen molar-refractivity contribution in [3.63, 3.8) is 0 Å². The maximum Gasteiger partial charge on any atom is 0.270 e. The van der Waals surface area contributed by atoms with Crippen molar-refractivity contribution in [1.29, 1.82) is 0 Å². The summed E-state index contributed by atoms with van der Waals surface area (Å²) in [4.78, 5) is 16.8. The molecule has 110 valence electrons. The van der Waals surface area contributed by atoms with Crippen LogP contribution in [0.2, 0.25) is 0 Å². The molecular formula is C17H21N3O. The second kappa shape index (κ2) is 5.35. The molecule has 1 fully saturated rings. The molecule has 2 N–H and O–H groups in total. The lowest BCUT2D eigenvalue weighted by atomic mass is 9.93. The molecule has 0 aliphatic carbocycles. The average Bonchev–Trinajstić information content (AvgIpc) is 2.65. The van der Waals surface area contributed by atoms with Gasteiger partial charge in [-0.05, 0) is 18.4 Å². The minimum atomic E-state index is -0.0974. The summed E-state index contributed by atoms with van der Waals surface area (Å²) in [7, 11) is 0. The van der Waals surface area contributed by atoms with E-state index in [-0.39, 0.29) is 11.9 Å². The fourth-order valence-corrected chi connectivity index (χ4v) is 2.95. The van der Waals surface area contributed by atoms with Gasteiger partial charge in [0.05, 0.1) is 12.6 Å². The monoisotopic (exact) mass is 283 g/mol. The van der Waals surface area contributed by atoms with Crippen LogP contribution in [0.3, 0.4) is 0 Å². The first-order valence-corrected chi connectivity index (χ1v) is 7.48. The molecule has 0 saturated carbocycles. The van der Waals surface area contributed by atoms with E-state index in [2.05, 4.69) is 60.7 Å². The molecule has 4 nitrogen and oxygen atoms in total. The molecule has 1 amide bonds. The van der Waals surface area contributed by atoms with Gasteiger partial charge < -0.3 is 10.6 Å². The highest BCUT2D eigenvalue weighted by Crippen LogP contribution is 2.33. The SMILES string of the molecule is Cc1ccc(C2NC(=O)C3=NCCNC(C(C)C)=C32)cc1. The number of benzene rings is 1. The molecule has 1 unspecified atom stereocenters. The Bertz CT molecular complexity index is 626. The van der Waals surface area contributed by atoms with E-state index in [1.54, 1.807) is 0 Å². The minimum absolute atomic E-state index is 0.0579. The van der Waals surface area contributed by atoms with Crippen LogP contribution in [-0.4, -0.2) is 24.7 Å². The molecule has 2 aliphatic rings. The summed E-state index contributed by atoms with van der Waals surface area (Å²) in [6, 6.07) is 8.23. The first-order chi connectivity index (χ1) is 10.1. The van der Waals surface area contributed by atoms with Crippen molar-refractivity contribution in [3.8, 4) is 0 Å². The highest BCUT2D eigenvalue weighted by atomic mass is 16.2. The zero-order valence-electron chi connectivity index (χ0n) is 12.7. The summed E-state index contributed by atoms with van der Waals surface area (Å²) < 4.78 is 0. The number of hydrogen-bond donors (Lipinski definition) is 2. The molecule has 1 aromatic rings. The number of nitrogens with zero attached hydrogens (tertiary/aromatic N) is 1. The van der Waals surface area contributed by atoms with Crippen molar-refractivity contribution in [2.45, 2.75) is 26.8 Å². The Labute approximate surface area is 125 Å². The fourth-order valence-electron chi connectivity index (χ4n) is 2.95. The maximum absolute atomic E-state index is 12.3. The van der Waals surface area contributed by atoms with Gasteiger partial charge in [-0.25, -0.2) is 0 Å². The molecule has 1 saturated heterocycles. The standard InChI is InChI=1S/C17H21N3O/c1-10(2)14-13-15(12-6-4-11(3)5-7-12)20-17(21)16(13)19-9-8-18-14/h4-7,10,15,18H,8-9H2,1-3H3,(H,20,21). The number of hydrogen-bond acceptors (Lipinski definition) is 3. The van der Waals surface area contributed by atoms with Gasteiger partial charge in [0.25, 0.3) is 5.91 Å². The van der Waals surface area contributed by atoms with Crippen LogP contribution in [0.4, 0.5) is 0 Å². The van der Waals surface area contributed by atoms with Crippen molar-refractivity contribution in [2.24, 2.45) is 10.9 Å². The number of nitrogens with one attached hydrogen (secondary N) is 2. The first-order valence-electron chi connectivity index (χ1n) is 7.48. The van der Waals surface area contributed by atoms with E-state index in [0.717, 1.165) is 23.4 Å². The molecule has 1 atom stereocenters. The van der Waals surface area contributed by atoms with E-state index >= 15 is 0 Å². The number of amides is 1. The van der Waals surface area contributed by atoms with Crippen molar-refractivity contribution in [1.82, 2.24) is 10.6 Å². The third-order valence-electron chi connectivity index (χ3n) is 4.01. The quantitative estimate of drug-likeness (QED) is 0.873. The van der Waals surface area contributed by atoms with Crippen molar-refractivity contribution >= 4 is 11.6 Å². The third-order valence-corrected chi connectivity index (χ3v) is 4.01. The summed E-state index contributed by atoms with van der Waals surface area (Å²) in [6.07, 6.45) is 0. The molecule has 21 heavy (non-hydrogen) atoms. The number of fused-ring (bicyclic) bond motifs is 1. The number of rotatable bonds is 2. The lowest BCUT2D eigenvalue weighted by molar-refractivity contribution is -0.114. The number of carbonyl (C=O) groups is 1. The Morgan fingerprint density at radius 1 is 1.24 bits per heavy atom. The predicted molar refractivity (Wildman–Crippen MR) is 84.2 cm³/mol. The fraction of sp³-hybridized carbons (Fsp3) is 0.412. The molecular weight excluding hydrogens is 262 g/mol. The normalized spacial score (nSPS) is 21.6. The molecule has 0 radical (unpaired) electrons. The van der Waals surface area contributed by atoms with E-state index in [1.807, 2.05) is 0 Å². The van der Waals surface area contributed by atoms with Gasteiger partial charge in [-0.15, -0.1) is 0 Å². The second-order valence-electron chi connectivity index (χ2n) is 5.96. The van der Waals surface area contributed by atoms with Gasteiger partial charge in [0, 0.05) is 17.8 Å². The Balaban J connectivity index is 2.12.